The molecule has 94 heavy (non-hydrogen) atoms. The average Bonchev–Trinajstić information content (AvgIpc) is 1.64. The van der Waals surface area contributed by atoms with Crippen LogP contribution in [-0.4, -0.2) is 222 Å². The van der Waals surface area contributed by atoms with Gasteiger partial charge >= 0.3 is 64.9 Å². The molecule has 10 N–H and O–H groups in total. The first-order chi connectivity index (χ1) is 43.1. The number of carbonyl (C=O) groups is 7. The highest BCUT2D eigenvalue weighted by Crippen LogP contribution is 2.34. The number of aliphatic hydroxyl groups is 3. The number of nitrogens with two attached hydrogens (primary N) is 2. The molecule has 3 saturated heterocycles. The van der Waals surface area contributed by atoms with Crippen molar-refractivity contribution < 1.29 is 101 Å². The van der Waals surface area contributed by atoms with Crippen molar-refractivity contribution in [1.82, 2.24) is 59.0 Å². The number of H-pyrrole nitrogens is 1. The molecule has 3 aliphatic rings. The Kier molecular flexibility index (Phi) is 31.6. The van der Waals surface area contributed by atoms with Gasteiger partial charge in [0.05, 0.1) is 6.61 Å². The van der Waals surface area contributed by atoms with Crippen molar-refractivity contribution in [3.63, 3.8) is 0 Å². The summed E-state index contributed by atoms with van der Waals surface area (Å²) >= 11 is 0. The van der Waals surface area contributed by atoms with Gasteiger partial charge in [0.1, 0.15) is 85.5 Å². The molecule has 12 atom stereocenters. The molecule has 0 spiro atoms. The summed E-state index contributed by atoms with van der Waals surface area (Å²) in [6.07, 6.45) is -8.72. The van der Waals surface area contributed by atoms with E-state index in [1.165, 1.54) is 40.3 Å². The van der Waals surface area contributed by atoms with Gasteiger partial charge in [-0.1, -0.05) is 46.7 Å². The van der Waals surface area contributed by atoms with Gasteiger partial charge in [-0.05, 0) is 19.6 Å². The van der Waals surface area contributed by atoms with E-state index in [4.69, 9.17) is 68.4 Å². The molecule has 0 aliphatic carbocycles. The molecule has 3 unspecified atom stereocenters. The van der Waals surface area contributed by atoms with Crippen molar-refractivity contribution in [1.29, 1.82) is 0 Å². The van der Waals surface area contributed by atoms with Crippen molar-refractivity contribution in [3.05, 3.63) is 56.8 Å². The number of nitrogens with zero attached hydrogens (tertiary/aromatic N) is 11. The molecule has 7 rings (SSSR count). The van der Waals surface area contributed by atoms with Gasteiger partial charge in [-0.2, -0.15) is 24.9 Å². The van der Waals surface area contributed by atoms with Gasteiger partial charge in [-0.3, -0.25) is 47.7 Å². The fourth-order valence-electron chi connectivity index (χ4n) is 7.72. The first-order valence-corrected chi connectivity index (χ1v) is 38.3. The third-order valence-electron chi connectivity index (χ3n) is 11.0. The van der Waals surface area contributed by atoms with Crippen LogP contribution in [0.15, 0.2) is 39.7 Å². The second-order valence-corrected chi connectivity index (χ2v) is 36.8. The third kappa shape index (κ3) is 28.6. The molecule has 3 fully saturated rings. The number of esters is 7. The molecule has 3 aliphatic heterocycles. The fraction of sp³-hybridized carbons (Fsp3) is 0.627. The number of aromatic nitrogens is 12. The second kappa shape index (κ2) is 36.6. The summed E-state index contributed by atoms with van der Waals surface area (Å²) in [5.41, 5.74) is 8.33. The zero-order valence-corrected chi connectivity index (χ0v) is 56.8. The highest BCUT2D eigenvalue weighted by molar-refractivity contribution is 6.79. The van der Waals surface area contributed by atoms with E-state index in [0.717, 1.165) is 42.6 Å². The zero-order valence-electron chi connectivity index (χ0n) is 53.8. The van der Waals surface area contributed by atoms with Gasteiger partial charge in [-0.25, -0.2) is 34.3 Å². The van der Waals surface area contributed by atoms with Crippen LogP contribution in [0.5, 0.6) is 6.01 Å². The molecule has 4 aromatic heterocycles. The van der Waals surface area contributed by atoms with Gasteiger partial charge in [-0.15, -0.1) is 0 Å². The van der Waals surface area contributed by atoms with E-state index in [2.05, 4.69) is 99.1 Å². The minimum absolute atomic E-state index is 0. The van der Waals surface area contributed by atoms with Crippen LogP contribution in [0.25, 0.3) is 0 Å². The lowest BCUT2D eigenvalue weighted by atomic mass is 10.1. The van der Waals surface area contributed by atoms with Crippen LogP contribution in [0.1, 0.15) is 68.3 Å². The van der Waals surface area contributed by atoms with Crippen molar-refractivity contribution >= 4 is 90.4 Å². The lowest BCUT2D eigenvalue weighted by Crippen LogP contribution is -2.42. The SMILES string of the molecule is C.CC(=O)OC[C@H]1O[C@@H](n2cnc(N[Si](C)(C)C)nc2=O)C(OC(C)=O)[C@H]1OC(C)=O.CC(=O)OC[C@H]1O[C@H](OC(C)=O)C(OC(C)=O)[C@H]1OC(C)=O.C[Si](C)(C)Nc1ncnc(O[Si](C)(C)C)n1.Nc1ncn([C@@H]2O[C@H](CO)[C@H](O)C2O)c(=O)n1.Nc1ncnc(=O)[nH]1. The van der Waals surface area contributed by atoms with Crippen molar-refractivity contribution in [2.24, 2.45) is 0 Å². The number of nitrogen functional groups attached to an aromatic ring is 2. The summed E-state index contributed by atoms with van der Waals surface area (Å²) in [5.74, 6) is -3.79. The average molecular weight is 1390 g/mol. The van der Waals surface area contributed by atoms with Crippen molar-refractivity contribution in [3.8, 4) is 6.01 Å². The largest absolute Gasteiger partial charge is 0.518 e. The molecule has 0 aromatic carbocycles. The number of rotatable bonds is 18. The summed E-state index contributed by atoms with van der Waals surface area (Å²) in [4.78, 5) is 156. The predicted molar refractivity (Wildman–Crippen MR) is 331 cm³/mol. The number of aliphatic hydroxyl groups excluding tert-OH is 3. The number of carbonyl (C=O) groups excluding carboxylic acids is 7. The molecular formula is C51H84N16O24Si3. The molecule has 7 heterocycles. The zero-order chi connectivity index (χ0) is 70.5. The maximum absolute atomic E-state index is 12.6. The van der Waals surface area contributed by atoms with E-state index in [1.54, 1.807) is 0 Å². The first-order valence-electron chi connectivity index (χ1n) is 27.9. The summed E-state index contributed by atoms with van der Waals surface area (Å²) in [6, 6.07) is 0.426. The number of anilines is 4. The normalized spacial score (nSPS) is 22.6. The summed E-state index contributed by atoms with van der Waals surface area (Å²) in [7, 11) is -4.87. The van der Waals surface area contributed by atoms with Gasteiger partial charge in [0, 0.05) is 48.5 Å². The Labute approximate surface area is 540 Å². The number of nitrogens with one attached hydrogen (secondary N) is 3. The molecular weight excluding hydrogens is 1300 g/mol. The molecule has 0 saturated carbocycles. The van der Waals surface area contributed by atoms with Gasteiger partial charge in [0.2, 0.25) is 44.5 Å². The minimum atomic E-state index is -1.80. The fourth-order valence-corrected chi connectivity index (χ4v) is 9.95. The van der Waals surface area contributed by atoms with Crippen molar-refractivity contribution in [2.45, 2.75) is 188 Å². The topological polar surface area (TPSA) is 551 Å². The number of hydrogen-bond donors (Lipinski definition) is 8. The van der Waals surface area contributed by atoms with E-state index in [0.29, 0.717) is 12.0 Å². The van der Waals surface area contributed by atoms with E-state index < -0.39 is 164 Å². The van der Waals surface area contributed by atoms with Gasteiger partial charge in [0.25, 0.3) is 0 Å². The summed E-state index contributed by atoms with van der Waals surface area (Å²) in [5, 5.41) is 28.1. The Morgan fingerprint density at radius 2 is 0.989 bits per heavy atom. The van der Waals surface area contributed by atoms with Crippen LogP contribution in [0.3, 0.4) is 0 Å². The molecule has 0 amide bonds. The van der Waals surface area contributed by atoms with E-state index >= 15 is 0 Å². The standard InChI is InChI=1S/C17H26N4O8Si.C13H18O9.C9H20N4OSi2.C8H12N4O5.C3H4N4O.CH4/c1-9(22)26-7-12-13(27-10(2)23)14(28-11(3)24)15(29-12)21-8-18-16(19-17(21)25)20-30(4,5)6;1-6(14)18-5-10-11(19-7(2)15)12(20-8(3)16)13(22-10)21-9(4)17;1-15(2,3)13-8-10-7-11-9(12-8)14-16(4,5)6;9-7-10-2-12(8(16)11-7)6-5(15)4(14)3(1-13)17-6;4-2-5-1-6-3(8)7-2;/h8,12-15H,7H2,1-6H3,(H,19,20,25);10-13H,5H2,1-4H3;7H,1-6H3,(H,10,11,12,13);2-6,13-15H,1H2,(H2,9,11,16);1H,(H3,4,5,6,7,8);1H4/t12-,13+,14?,15-;10-,11+,12?,13+;;3-,4+,5?,6-;;/m11.1../s1. The minimum Gasteiger partial charge on any atom is -0.518 e. The molecule has 0 radical (unpaired) electrons. The van der Waals surface area contributed by atoms with Crippen LogP contribution in [0.2, 0.25) is 58.9 Å². The second-order valence-electron chi connectivity index (χ2n) is 22.9. The highest BCUT2D eigenvalue weighted by Gasteiger charge is 2.53. The Bertz CT molecular complexity index is 3340. The maximum Gasteiger partial charge on any atom is 0.354 e. The lowest BCUT2D eigenvalue weighted by Gasteiger charge is -2.24. The Hall–Kier alpha value is -8.86. The van der Waals surface area contributed by atoms with Crippen LogP contribution in [0, 0.1) is 0 Å². The third-order valence-corrected chi connectivity index (χ3v) is 13.8. The smallest absolute Gasteiger partial charge is 0.354 e. The summed E-state index contributed by atoms with van der Waals surface area (Å²) < 4.78 is 59.2. The van der Waals surface area contributed by atoms with E-state index in [9.17, 15) is 58.2 Å². The van der Waals surface area contributed by atoms with E-state index in [1.807, 2.05) is 19.6 Å². The van der Waals surface area contributed by atoms with Crippen LogP contribution < -0.4 is 42.9 Å². The highest BCUT2D eigenvalue weighted by atomic mass is 28.4. The first kappa shape index (κ1) is 81.2. The molecule has 4 aromatic rings. The quantitative estimate of drug-likeness (QED) is 0.0318. The van der Waals surface area contributed by atoms with Crippen molar-refractivity contribution in [2.75, 3.05) is 41.3 Å². The van der Waals surface area contributed by atoms with Crippen LogP contribution in [-0.2, 0) is 80.9 Å². The Morgan fingerprint density at radius 3 is 1.43 bits per heavy atom. The molecule has 40 nitrogen and oxygen atoms in total. The Morgan fingerprint density at radius 1 is 0.543 bits per heavy atom. The van der Waals surface area contributed by atoms with Gasteiger partial charge < -0.3 is 88.5 Å². The molecule has 0 bridgehead atoms. The summed E-state index contributed by atoms with van der Waals surface area (Å²) in [6.45, 7) is 26.1. The number of hydrogen-bond acceptors (Lipinski definition) is 37. The van der Waals surface area contributed by atoms with Gasteiger partial charge in [0.15, 0.2) is 30.8 Å². The number of aromatic amines is 1. The Balaban J connectivity index is 0.000000419. The van der Waals surface area contributed by atoms with E-state index in [-0.39, 0.29) is 38.5 Å². The molecule has 524 valence electrons. The molecule has 43 heteroatoms. The van der Waals surface area contributed by atoms with Crippen LogP contribution in [0.4, 0.5) is 23.8 Å². The van der Waals surface area contributed by atoms with Crippen LogP contribution >= 0.6 is 0 Å². The maximum atomic E-state index is 12.6. The lowest BCUT2D eigenvalue weighted by molar-refractivity contribution is -0.197. The number of ether oxygens (including phenoxy) is 10. The predicted octanol–water partition coefficient (Wildman–Crippen LogP) is -1.54. The monoisotopic (exact) mass is 1390 g/mol.